The minimum absolute atomic E-state index is 0.283. The van der Waals surface area contributed by atoms with Gasteiger partial charge in [-0.25, -0.2) is 0 Å². The first kappa shape index (κ1) is 14.4. The SMILES string of the molecule is COc1ccc(C2Nc3ccccc3C(=O)C2O)cc1OC. The molecule has 5 heteroatoms. The number of para-hydroxylation sites is 1. The van der Waals surface area contributed by atoms with E-state index in [4.69, 9.17) is 9.47 Å². The third kappa shape index (κ3) is 2.29. The average Bonchev–Trinajstić information content (AvgIpc) is 2.57. The van der Waals surface area contributed by atoms with Gasteiger partial charge in [-0.1, -0.05) is 18.2 Å². The van der Waals surface area contributed by atoms with Crippen LogP contribution in [0.4, 0.5) is 5.69 Å². The van der Waals surface area contributed by atoms with Gasteiger partial charge in [0.05, 0.1) is 20.3 Å². The molecule has 3 rings (SSSR count). The molecule has 2 aromatic rings. The fourth-order valence-corrected chi connectivity index (χ4v) is 2.69. The lowest BCUT2D eigenvalue weighted by Crippen LogP contribution is -2.37. The number of Topliss-reactive ketones (excluding diaryl/α,β-unsaturated/α-hetero) is 1. The number of benzene rings is 2. The van der Waals surface area contributed by atoms with Crippen molar-refractivity contribution in [3.05, 3.63) is 53.6 Å². The van der Waals surface area contributed by atoms with Crippen molar-refractivity contribution in [3.8, 4) is 11.5 Å². The van der Waals surface area contributed by atoms with Gasteiger partial charge in [-0.15, -0.1) is 0 Å². The Bertz CT molecular complexity index is 714. The molecule has 0 bridgehead atoms. The summed E-state index contributed by atoms with van der Waals surface area (Å²) in [5, 5.41) is 13.6. The number of anilines is 1. The number of rotatable bonds is 3. The van der Waals surface area contributed by atoms with Crippen LogP contribution in [-0.2, 0) is 0 Å². The van der Waals surface area contributed by atoms with Gasteiger partial charge in [0.1, 0.15) is 6.10 Å². The molecule has 2 N–H and O–H groups in total. The number of methoxy groups -OCH3 is 2. The summed E-state index contributed by atoms with van der Waals surface area (Å²) in [5.41, 5.74) is 1.98. The predicted molar refractivity (Wildman–Crippen MR) is 82.7 cm³/mol. The first-order chi connectivity index (χ1) is 10.7. The normalized spacial score (nSPS) is 20.0. The van der Waals surface area contributed by atoms with Gasteiger partial charge in [-0.05, 0) is 29.8 Å². The average molecular weight is 299 g/mol. The molecule has 0 saturated carbocycles. The van der Waals surface area contributed by atoms with E-state index in [9.17, 15) is 9.90 Å². The van der Waals surface area contributed by atoms with Crippen molar-refractivity contribution in [2.24, 2.45) is 0 Å². The van der Waals surface area contributed by atoms with Crippen molar-refractivity contribution in [3.63, 3.8) is 0 Å². The summed E-state index contributed by atoms with van der Waals surface area (Å²) in [7, 11) is 3.11. The van der Waals surface area contributed by atoms with Gasteiger partial charge >= 0.3 is 0 Å². The van der Waals surface area contributed by atoms with Crippen LogP contribution in [0.3, 0.4) is 0 Å². The van der Waals surface area contributed by atoms with E-state index in [0.717, 1.165) is 11.3 Å². The number of carbonyl (C=O) groups is 1. The molecule has 1 aliphatic rings. The maximum atomic E-state index is 12.3. The van der Waals surface area contributed by atoms with Crippen molar-refractivity contribution in [2.75, 3.05) is 19.5 Å². The molecule has 0 aliphatic carbocycles. The zero-order valence-electron chi connectivity index (χ0n) is 12.4. The molecule has 0 fully saturated rings. The van der Waals surface area contributed by atoms with E-state index >= 15 is 0 Å². The molecule has 0 radical (unpaired) electrons. The number of hydrogen-bond donors (Lipinski definition) is 2. The number of aliphatic hydroxyl groups excluding tert-OH is 1. The maximum Gasteiger partial charge on any atom is 0.195 e. The number of nitrogens with one attached hydrogen (secondary N) is 1. The van der Waals surface area contributed by atoms with E-state index in [2.05, 4.69) is 5.32 Å². The highest BCUT2D eigenvalue weighted by molar-refractivity contribution is 6.06. The van der Waals surface area contributed by atoms with Crippen LogP contribution in [0, 0.1) is 0 Å². The number of fused-ring (bicyclic) bond motifs is 1. The van der Waals surface area contributed by atoms with Crippen LogP contribution in [0.25, 0.3) is 0 Å². The fraction of sp³-hybridized carbons (Fsp3) is 0.235. The van der Waals surface area contributed by atoms with E-state index in [0.29, 0.717) is 17.1 Å². The van der Waals surface area contributed by atoms with Crippen molar-refractivity contribution >= 4 is 11.5 Å². The van der Waals surface area contributed by atoms with Gasteiger partial charge in [0, 0.05) is 11.3 Å². The molecular formula is C17H17NO4. The van der Waals surface area contributed by atoms with Crippen LogP contribution in [0.2, 0.25) is 0 Å². The summed E-state index contributed by atoms with van der Waals surface area (Å²) in [6, 6.07) is 12.0. The quantitative estimate of drug-likeness (QED) is 0.911. The van der Waals surface area contributed by atoms with Crippen LogP contribution in [0.15, 0.2) is 42.5 Å². The summed E-state index contributed by atoms with van der Waals surface area (Å²) >= 11 is 0. The summed E-state index contributed by atoms with van der Waals surface area (Å²) in [6.07, 6.45) is -1.15. The number of hydrogen-bond acceptors (Lipinski definition) is 5. The Hall–Kier alpha value is -2.53. The smallest absolute Gasteiger partial charge is 0.195 e. The molecule has 0 aromatic heterocycles. The molecule has 0 amide bonds. The molecule has 2 unspecified atom stereocenters. The first-order valence-corrected chi connectivity index (χ1v) is 6.95. The van der Waals surface area contributed by atoms with E-state index in [1.807, 2.05) is 18.2 Å². The van der Waals surface area contributed by atoms with Crippen LogP contribution in [0.1, 0.15) is 22.0 Å². The summed E-state index contributed by atoms with van der Waals surface area (Å²) < 4.78 is 10.5. The molecule has 114 valence electrons. The first-order valence-electron chi connectivity index (χ1n) is 6.95. The van der Waals surface area contributed by atoms with Gasteiger partial charge < -0.3 is 19.9 Å². The van der Waals surface area contributed by atoms with Crippen LogP contribution >= 0.6 is 0 Å². The van der Waals surface area contributed by atoms with E-state index in [1.165, 1.54) is 0 Å². The van der Waals surface area contributed by atoms with E-state index in [1.54, 1.807) is 38.5 Å². The third-order valence-corrected chi connectivity index (χ3v) is 3.85. The van der Waals surface area contributed by atoms with Crippen molar-refractivity contribution in [2.45, 2.75) is 12.1 Å². The van der Waals surface area contributed by atoms with Crippen LogP contribution in [-0.4, -0.2) is 31.2 Å². The molecule has 2 aromatic carbocycles. The standard InChI is InChI=1S/C17H17NO4/c1-21-13-8-7-10(9-14(13)22-2)15-17(20)16(19)11-5-3-4-6-12(11)18-15/h3-9,15,17-18,20H,1-2H3. The molecule has 1 heterocycles. The van der Waals surface area contributed by atoms with E-state index in [-0.39, 0.29) is 5.78 Å². The Balaban J connectivity index is 2.01. The zero-order valence-corrected chi connectivity index (χ0v) is 12.4. The molecule has 1 aliphatic heterocycles. The molecule has 5 nitrogen and oxygen atoms in total. The minimum Gasteiger partial charge on any atom is -0.493 e. The molecular weight excluding hydrogens is 282 g/mol. The number of ketones is 1. The third-order valence-electron chi connectivity index (χ3n) is 3.85. The number of carbonyl (C=O) groups excluding carboxylic acids is 1. The summed E-state index contributed by atoms with van der Waals surface area (Å²) in [4.78, 5) is 12.3. The van der Waals surface area contributed by atoms with Crippen LogP contribution < -0.4 is 14.8 Å². The lowest BCUT2D eigenvalue weighted by Gasteiger charge is -2.31. The predicted octanol–water partition coefficient (Wildman–Crippen LogP) is 2.41. The van der Waals surface area contributed by atoms with Crippen molar-refractivity contribution in [1.29, 1.82) is 0 Å². The Labute approximate surface area is 128 Å². The Morgan fingerprint density at radius 1 is 1.05 bits per heavy atom. The largest absolute Gasteiger partial charge is 0.493 e. The lowest BCUT2D eigenvalue weighted by atomic mass is 9.89. The fourth-order valence-electron chi connectivity index (χ4n) is 2.69. The van der Waals surface area contributed by atoms with Gasteiger partial charge in [-0.2, -0.15) is 0 Å². The van der Waals surface area contributed by atoms with Gasteiger partial charge in [-0.3, -0.25) is 4.79 Å². The highest BCUT2D eigenvalue weighted by Crippen LogP contribution is 2.36. The highest BCUT2D eigenvalue weighted by atomic mass is 16.5. The second-order valence-electron chi connectivity index (χ2n) is 5.09. The highest BCUT2D eigenvalue weighted by Gasteiger charge is 2.34. The Morgan fingerprint density at radius 2 is 1.77 bits per heavy atom. The van der Waals surface area contributed by atoms with E-state index < -0.39 is 12.1 Å². The van der Waals surface area contributed by atoms with Crippen molar-refractivity contribution < 1.29 is 19.4 Å². The summed E-state index contributed by atoms with van der Waals surface area (Å²) in [6.45, 7) is 0. The molecule has 22 heavy (non-hydrogen) atoms. The second-order valence-corrected chi connectivity index (χ2v) is 5.09. The lowest BCUT2D eigenvalue weighted by molar-refractivity contribution is 0.0695. The number of ether oxygens (including phenoxy) is 2. The van der Waals surface area contributed by atoms with Gasteiger partial charge in [0.15, 0.2) is 17.3 Å². The Kier molecular flexibility index (Phi) is 3.73. The van der Waals surface area contributed by atoms with Crippen LogP contribution in [0.5, 0.6) is 11.5 Å². The van der Waals surface area contributed by atoms with Gasteiger partial charge in [0.25, 0.3) is 0 Å². The number of aliphatic hydroxyl groups is 1. The molecule has 2 atom stereocenters. The Morgan fingerprint density at radius 3 is 2.50 bits per heavy atom. The molecule has 0 saturated heterocycles. The molecule has 0 spiro atoms. The minimum atomic E-state index is -1.15. The second kappa shape index (κ2) is 5.69. The topological polar surface area (TPSA) is 67.8 Å². The van der Waals surface area contributed by atoms with Gasteiger partial charge in [0.2, 0.25) is 0 Å². The zero-order chi connectivity index (χ0) is 15.7. The monoisotopic (exact) mass is 299 g/mol. The van der Waals surface area contributed by atoms with Crippen molar-refractivity contribution in [1.82, 2.24) is 0 Å². The maximum absolute atomic E-state index is 12.3. The summed E-state index contributed by atoms with van der Waals surface area (Å²) in [5.74, 6) is 0.873.